The van der Waals surface area contributed by atoms with Crippen LogP contribution in [0.5, 0.6) is 0 Å². The molecule has 5 nitrogen and oxygen atoms in total. The van der Waals surface area contributed by atoms with E-state index < -0.39 is 5.41 Å². The highest BCUT2D eigenvalue weighted by Crippen LogP contribution is 2.30. The number of nitrogens with zero attached hydrogens (tertiary/aromatic N) is 2. The van der Waals surface area contributed by atoms with E-state index in [-0.39, 0.29) is 17.9 Å². The van der Waals surface area contributed by atoms with Crippen LogP contribution in [0.15, 0.2) is 0 Å². The Hall–Kier alpha value is -1.10. The molecular formula is C14H25N3O2. The molecule has 1 unspecified atom stereocenters. The molecule has 2 aliphatic rings. The van der Waals surface area contributed by atoms with Crippen molar-refractivity contribution in [2.45, 2.75) is 45.6 Å². The summed E-state index contributed by atoms with van der Waals surface area (Å²) in [5.41, 5.74) is 5.44. The molecule has 2 amide bonds. The second-order valence-electron chi connectivity index (χ2n) is 5.72. The lowest BCUT2D eigenvalue weighted by Gasteiger charge is -2.42. The van der Waals surface area contributed by atoms with Crippen molar-refractivity contribution in [1.29, 1.82) is 0 Å². The summed E-state index contributed by atoms with van der Waals surface area (Å²) in [7, 11) is 0. The third kappa shape index (κ3) is 2.36. The molecule has 2 heterocycles. The van der Waals surface area contributed by atoms with Crippen LogP contribution in [0, 0.1) is 5.41 Å². The minimum Gasteiger partial charge on any atom is -0.338 e. The molecule has 1 atom stereocenters. The molecule has 0 aliphatic carbocycles. The van der Waals surface area contributed by atoms with Gasteiger partial charge in [-0.15, -0.1) is 0 Å². The van der Waals surface area contributed by atoms with Crippen molar-refractivity contribution in [3.63, 3.8) is 0 Å². The number of carbonyl (C=O) groups is 2. The Bertz CT molecular complexity index is 357. The molecular weight excluding hydrogens is 242 g/mol. The maximum Gasteiger partial charge on any atom is 0.230 e. The van der Waals surface area contributed by atoms with Gasteiger partial charge in [0.1, 0.15) is 0 Å². The van der Waals surface area contributed by atoms with Crippen molar-refractivity contribution in [3.8, 4) is 0 Å². The minimum absolute atomic E-state index is 0.180. The number of amides is 2. The number of carbonyl (C=O) groups excluding carboxylic acids is 2. The molecule has 19 heavy (non-hydrogen) atoms. The van der Waals surface area contributed by atoms with Crippen LogP contribution < -0.4 is 5.73 Å². The number of fused-ring (bicyclic) bond motifs is 1. The second kappa shape index (κ2) is 5.49. The van der Waals surface area contributed by atoms with E-state index in [9.17, 15) is 9.59 Å². The topological polar surface area (TPSA) is 66.6 Å². The lowest BCUT2D eigenvalue weighted by atomic mass is 9.80. The van der Waals surface area contributed by atoms with Crippen LogP contribution in [0.2, 0.25) is 0 Å². The highest BCUT2D eigenvalue weighted by atomic mass is 16.2. The highest BCUT2D eigenvalue weighted by molar-refractivity contribution is 5.84. The van der Waals surface area contributed by atoms with Crippen molar-refractivity contribution >= 4 is 11.8 Å². The average molecular weight is 267 g/mol. The van der Waals surface area contributed by atoms with Gasteiger partial charge in [0, 0.05) is 38.6 Å². The first-order chi connectivity index (χ1) is 9.07. The summed E-state index contributed by atoms with van der Waals surface area (Å²) in [6.07, 6.45) is 3.08. The van der Waals surface area contributed by atoms with Crippen LogP contribution >= 0.6 is 0 Å². The van der Waals surface area contributed by atoms with Gasteiger partial charge in [0.15, 0.2) is 0 Å². The fourth-order valence-corrected chi connectivity index (χ4v) is 3.31. The van der Waals surface area contributed by atoms with Gasteiger partial charge in [-0.3, -0.25) is 9.59 Å². The second-order valence-corrected chi connectivity index (χ2v) is 5.72. The van der Waals surface area contributed by atoms with Gasteiger partial charge in [0.2, 0.25) is 11.8 Å². The van der Waals surface area contributed by atoms with Gasteiger partial charge in [0.25, 0.3) is 0 Å². The fraction of sp³-hybridized carbons (Fsp3) is 0.857. The van der Waals surface area contributed by atoms with Crippen LogP contribution in [0.3, 0.4) is 0 Å². The van der Waals surface area contributed by atoms with E-state index in [1.54, 1.807) is 0 Å². The average Bonchev–Trinajstić information content (AvgIpc) is 2.82. The molecule has 0 aromatic rings. The smallest absolute Gasteiger partial charge is 0.230 e. The highest BCUT2D eigenvalue weighted by Gasteiger charge is 2.42. The Morgan fingerprint density at radius 3 is 2.63 bits per heavy atom. The van der Waals surface area contributed by atoms with E-state index in [1.807, 2.05) is 23.6 Å². The van der Waals surface area contributed by atoms with Crippen LogP contribution in [-0.4, -0.2) is 53.8 Å². The summed E-state index contributed by atoms with van der Waals surface area (Å²) in [5.74, 6) is 0.423. The molecule has 0 bridgehead atoms. The van der Waals surface area contributed by atoms with Gasteiger partial charge in [-0.25, -0.2) is 0 Å². The Balaban J connectivity index is 2.07. The predicted octanol–water partition coefficient (Wildman–Crippen LogP) is 0.585. The molecule has 2 fully saturated rings. The Kier molecular flexibility index (Phi) is 4.13. The summed E-state index contributed by atoms with van der Waals surface area (Å²) >= 11 is 0. The first-order valence-electron chi connectivity index (χ1n) is 7.37. The Morgan fingerprint density at radius 2 is 2.05 bits per heavy atom. The number of nitrogens with two attached hydrogens (primary N) is 1. The molecule has 2 rings (SSSR count). The molecule has 2 saturated heterocycles. The normalized spacial score (nSPS) is 23.7. The maximum absolute atomic E-state index is 12.7. The van der Waals surface area contributed by atoms with Crippen molar-refractivity contribution in [2.24, 2.45) is 11.1 Å². The largest absolute Gasteiger partial charge is 0.338 e. The van der Waals surface area contributed by atoms with Crippen LogP contribution in [0.25, 0.3) is 0 Å². The van der Waals surface area contributed by atoms with Crippen LogP contribution in [-0.2, 0) is 9.59 Å². The lowest BCUT2D eigenvalue weighted by molar-refractivity contribution is -0.147. The molecule has 0 saturated carbocycles. The first kappa shape index (κ1) is 14.3. The molecule has 0 spiro atoms. The van der Waals surface area contributed by atoms with Crippen molar-refractivity contribution < 1.29 is 9.59 Å². The Morgan fingerprint density at radius 1 is 1.37 bits per heavy atom. The third-order valence-corrected chi connectivity index (χ3v) is 4.98. The SMILES string of the molecule is CCC(CC)(CN)C(=O)N1CCN2C(=O)CCC2C1. The monoisotopic (exact) mass is 267 g/mol. The molecule has 108 valence electrons. The molecule has 0 aromatic carbocycles. The zero-order valence-electron chi connectivity index (χ0n) is 12.0. The fourth-order valence-electron chi connectivity index (χ4n) is 3.31. The van der Waals surface area contributed by atoms with E-state index in [0.717, 1.165) is 19.3 Å². The molecule has 0 radical (unpaired) electrons. The number of hydrogen-bond donors (Lipinski definition) is 1. The molecule has 5 heteroatoms. The van der Waals surface area contributed by atoms with E-state index >= 15 is 0 Å². The number of rotatable bonds is 4. The third-order valence-electron chi connectivity index (χ3n) is 4.98. The number of hydrogen-bond acceptors (Lipinski definition) is 3. The quantitative estimate of drug-likeness (QED) is 0.810. The predicted molar refractivity (Wildman–Crippen MR) is 73.4 cm³/mol. The van der Waals surface area contributed by atoms with E-state index in [2.05, 4.69) is 0 Å². The van der Waals surface area contributed by atoms with Crippen LogP contribution in [0.4, 0.5) is 0 Å². The van der Waals surface area contributed by atoms with Crippen molar-refractivity contribution in [1.82, 2.24) is 9.80 Å². The van der Waals surface area contributed by atoms with E-state index in [0.29, 0.717) is 32.6 Å². The minimum atomic E-state index is -0.412. The standard InChI is InChI=1S/C14H25N3O2/c1-3-14(4-2,10-15)13(19)16-7-8-17-11(9-16)5-6-12(17)18/h11H,3-10,15H2,1-2H3. The van der Waals surface area contributed by atoms with E-state index in [4.69, 9.17) is 5.73 Å². The van der Waals surface area contributed by atoms with Gasteiger partial charge in [0.05, 0.1) is 5.41 Å². The first-order valence-corrected chi connectivity index (χ1v) is 7.37. The zero-order chi connectivity index (χ0) is 14.0. The van der Waals surface area contributed by atoms with Gasteiger partial charge >= 0.3 is 0 Å². The molecule has 2 aliphatic heterocycles. The van der Waals surface area contributed by atoms with Gasteiger partial charge in [-0.2, -0.15) is 0 Å². The zero-order valence-corrected chi connectivity index (χ0v) is 12.0. The van der Waals surface area contributed by atoms with Crippen molar-refractivity contribution in [2.75, 3.05) is 26.2 Å². The van der Waals surface area contributed by atoms with Gasteiger partial charge < -0.3 is 15.5 Å². The maximum atomic E-state index is 12.7. The van der Waals surface area contributed by atoms with Crippen molar-refractivity contribution in [3.05, 3.63) is 0 Å². The van der Waals surface area contributed by atoms with Gasteiger partial charge in [-0.05, 0) is 19.3 Å². The summed E-state index contributed by atoms with van der Waals surface area (Å²) in [6, 6.07) is 0.231. The van der Waals surface area contributed by atoms with E-state index in [1.165, 1.54) is 0 Å². The summed E-state index contributed by atoms with van der Waals surface area (Å²) < 4.78 is 0. The molecule has 2 N–H and O–H groups in total. The summed E-state index contributed by atoms with van der Waals surface area (Å²) in [5, 5.41) is 0. The summed E-state index contributed by atoms with van der Waals surface area (Å²) in [4.78, 5) is 28.2. The lowest BCUT2D eigenvalue weighted by Crippen LogP contribution is -2.57. The Labute approximate surface area is 115 Å². The summed E-state index contributed by atoms with van der Waals surface area (Å²) in [6.45, 7) is 6.49. The molecule has 0 aromatic heterocycles. The number of piperazine rings is 1. The van der Waals surface area contributed by atoms with Gasteiger partial charge in [-0.1, -0.05) is 13.8 Å². The van der Waals surface area contributed by atoms with Crippen LogP contribution in [0.1, 0.15) is 39.5 Å².